The molecular weight excluding hydrogens is 307 g/mol. The van der Waals surface area contributed by atoms with Gasteiger partial charge in [-0.15, -0.1) is 0 Å². The Balaban J connectivity index is 2.12. The van der Waals surface area contributed by atoms with Crippen molar-refractivity contribution in [2.75, 3.05) is 7.11 Å². The SMILES string of the molecule is COc1cc(/C=C/C(=O)Cl)ccc1OCc1cccc(F)c1. The van der Waals surface area contributed by atoms with E-state index in [-0.39, 0.29) is 12.4 Å². The first-order chi connectivity index (χ1) is 10.6. The van der Waals surface area contributed by atoms with Crippen LogP contribution in [0.25, 0.3) is 6.08 Å². The molecule has 3 nitrogen and oxygen atoms in total. The van der Waals surface area contributed by atoms with E-state index in [9.17, 15) is 9.18 Å². The van der Waals surface area contributed by atoms with Crippen molar-refractivity contribution in [3.63, 3.8) is 0 Å². The fourth-order valence-corrected chi connectivity index (χ4v) is 1.92. The molecule has 0 fully saturated rings. The Morgan fingerprint density at radius 2 is 2.05 bits per heavy atom. The van der Waals surface area contributed by atoms with Crippen molar-refractivity contribution in [3.8, 4) is 11.5 Å². The number of allylic oxidation sites excluding steroid dienone is 1. The van der Waals surface area contributed by atoms with Crippen molar-refractivity contribution < 1.29 is 18.7 Å². The minimum atomic E-state index is -0.551. The molecule has 2 rings (SSSR count). The standard InChI is InChI=1S/C17H14ClFO3/c1-21-16-10-12(6-8-17(18)20)5-7-15(16)22-11-13-3-2-4-14(19)9-13/h2-10H,11H2,1H3/b8-6+. The van der Waals surface area contributed by atoms with Gasteiger partial charge in [-0.1, -0.05) is 24.3 Å². The summed E-state index contributed by atoms with van der Waals surface area (Å²) >= 11 is 5.25. The summed E-state index contributed by atoms with van der Waals surface area (Å²) in [4.78, 5) is 10.7. The first kappa shape index (κ1) is 16.0. The van der Waals surface area contributed by atoms with Crippen LogP contribution in [-0.2, 0) is 11.4 Å². The lowest BCUT2D eigenvalue weighted by Gasteiger charge is -2.11. The van der Waals surface area contributed by atoms with Crippen LogP contribution in [0.1, 0.15) is 11.1 Å². The van der Waals surface area contributed by atoms with E-state index in [1.54, 1.807) is 36.4 Å². The Morgan fingerprint density at radius 3 is 2.73 bits per heavy atom. The van der Waals surface area contributed by atoms with Gasteiger partial charge in [0.1, 0.15) is 12.4 Å². The van der Waals surface area contributed by atoms with Gasteiger partial charge in [-0.3, -0.25) is 4.79 Å². The van der Waals surface area contributed by atoms with Crippen molar-refractivity contribution in [1.82, 2.24) is 0 Å². The Labute approximate surface area is 132 Å². The van der Waals surface area contributed by atoms with Gasteiger partial charge < -0.3 is 9.47 Å². The third kappa shape index (κ3) is 4.60. The van der Waals surface area contributed by atoms with E-state index in [1.807, 2.05) is 0 Å². The van der Waals surface area contributed by atoms with Gasteiger partial charge >= 0.3 is 0 Å². The molecule has 0 radical (unpaired) electrons. The fraction of sp³-hybridized carbons (Fsp3) is 0.118. The molecule has 0 spiro atoms. The molecule has 2 aromatic carbocycles. The second kappa shape index (κ2) is 7.61. The molecule has 0 aliphatic rings. The summed E-state index contributed by atoms with van der Waals surface area (Å²) in [5.41, 5.74) is 1.47. The fourth-order valence-electron chi connectivity index (χ4n) is 1.86. The summed E-state index contributed by atoms with van der Waals surface area (Å²) < 4.78 is 24.0. The highest BCUT2D eigenvalue weighted by atomic mass is 35.5. The molecule has 114 valence electrons. The predicted octanol–water partition coefficient (Wildman–Crippen LogP) is 4.19. The number of rotatable bonds is 6. The lowest BCUT2D eigenvalue weighted by atomic mass is 10.2. The molecule has 0 saturated carbocycles. The zero-order valence-electron chi connectivity index (χ0n) is 11.9. The van der Waals surface area contributed by atoms with Crippen molar-refractivity contribution in [3.05, 3.63) is 65.5 Å². The van der Waals surface area contributed by atoms with Crippen molar-refractivity contribution in [2.24, 2.45) is 0 Å². The van der Waals surface area contributed by atoms with Crippen LogP contribution in [0.15, 0.2) is 48.5 Å². The molecule has 0 aliphatic carbocycles. The van der Waals surface area contributed by atoms with Gasteiger partial charge in [0.15, 0.2) is 11.5 Å². The maximum absolute atomic E-state index is 13.1. The Hall–Kier alpha value is -2.33. The Morgan fingerprint density at radius 1 is 1.23 bits per heavy atom. The van der Waals surface area contributed by atoms with Crippen molar-refractivity contribution >= 4 is 22.9 Å². The number of carbonyl (C=O) groups is 1. The third-order valence-electron chi connectivity index (χ3n) is 2.88. The third-order valence-corrected chi connectivity index (χ3v) is 3.00. The normalized spacial score (nSPS) is 10.7. The number of halogens is 2. The van der Waals surface area contributed by atoms with Gasteiger partial charge in [-0.25, -0.2) is 4.39 Å². The van der Waals surface area contributed by atoms with Crippen LogP contribution in [0.4, 0.5) is 4.39 Å². The second-order valence-corrected chi connectivity index (χ2v) is 4.84. The summed E-state index contributed by atoms with van der Waals surface area (Å²) in [5, 5.41) is -0.551. The molecule has 0 heterocycles. The highest BCUT2D eigenvalue weighted by molar-refractivity contribution is 6.66. The van der Waals surface area contributed by atoms with Gasteiger partial charge in [-0.05, 0) is 53.1 Å². The van der Waals surface area contributed by atoms with Crippen LogP contribution in [0.2, 0.25) is 0 Å². The summed E-state index contributed by atoms with van der Waals surface area (Å²) in [6, 6.07) is 11.4. The van der Waals surface area contributed by atoms with Gasteiger partial charge in [0.2, 0.25) is 5.24 Å². The highest BCUT2D eigenvalue weighted by Gasteiger charge is 2.06. The zero-order chi connectivity index (χ0) is 15.9. The lowest BCUT2D eigenvalue weighted by molar-refractivity contribution is -0.107. The first-order valence-corrected chi connectivity index (χ1v) is 6.89. The van der Waals surface area contributed by atoms with E-state index >= 15 is 0 Å². The van der Waals surface area contributed by atoms with Crippen LogP contribution in [-0.4, -0.2) is 12.4 Å². The van der Waals surface area contributed by atoms with E-state index < -0.39 is 5.24 Å². The van der Waals surface area contributed by atoms with Crippen LogP contribution < -0.4 is 9.47 Å². The number of methoxy groups -OCH3 is 1. The number of carbonyl (C=O) groups excluding carboxylic acids is 1. The Bertz CT molecular complexity index is 698. The molecule has 0 amide bonds. The first-order valence-electron chi connectivity index (χ1n) is 6.51. The average Bonchev–Trinajstić information content (AvgIpc) is 2.51. The Kier molecular flexibility index (Phi) is 5.55. The maximum atomic E-state index is 13.1. The molecule has 2 aromatic rings. The van der Waals surface area contributed by atoms with Crippen LogP contribution in [0.5, 0.6) is 11.5 Å². The molecule has 0 aromatic heterocycles. The maximum Gasteiger partial charge on any atom is 0.245 e. The van der Waals surface area contributed by atoms with Gasteiger partial charge in [-0.2, -0.15) is 0 Å². The summed E-state index contributed by atoms with van der Waals surface area (Å²) in [7, 11) is 1.52. The van der Waals surface area contributed by atoms with Crippen LogP contribution in [0, 0.1) is 5.82 Å². The van der Waals surface area contributed by atoms with Crippen molar-refractivity contribution in [2.45, 2.75) is 6.61 Å². The molecule has 0 aliphatic heterocycles. The quantitative estimate of drug-likeness (QED) is 0.591. The van der Waals surface area contributed by atoms with Crippen molar-refractivity contribution in [1.29, 1.82) is 0 Å². The second-order valence-electron chi connectivity index (χ2n) is 4.47. The number of benzene rings is 2. The molecule has 0 bridgehead atoms. The predicted molar refractivity (Wildman–Crippen MR) is 83.6 cm³/mol. The van der Waals surface area contributed by atoms with Crippen LogP contribution >= 0.6 is 11.6 Å². The number of ether oxygens (including phenoxy) is 2. The molecule has 0 N–H and O–H groups in total. The minimum Gasteiger partial charge on any atom is -0.493 e. The van der Waals surface area contributed by atoms with E-state index in [0.717, 1.165) is 11.1 Å². The van der Waals surface area contributed by atoms with E-state index in [0.29, 0.717) is 11.5 Å². The van der Waals surface area contributed by atoms with E-state index in [4.69, 9.17) is 21.1 Å². The summed E-state index contributed by atoms with van der Waals surface area (Å²) in [5.74, 6) is 0.737. The van der Waals surface area contributed by atoms with E-state index in [1.165, 1.54) is 25.3 Å². The molecule has 0 saturated heterocycles. The minimum absolute atomic E-state index is 0.226. The zero-order valence-corrected chi connectivity index (χ0v) is 12.6. The van der Waals surface area contributed by atoms with Gasteiger partial charge in [0.25, 0.3) is 0 Å². The molecule has 22 heavy (non-hydrogen) atoms. The monoisotopic (exact) mass is 320 g/mol. The summed E-state index contributed by atoms with van der Waals surface area (Å²) in [6.45, 7) is 0.226. The van der Waals surface area contributed by atoms with E-state index in [2.05, 4.69) is 0 Å². The van der Waals surface area contributed by atoms with Gasteiger partial charge in [0.05, 0.1) is 7.11 Å². The topological polar surface area (TPSA) is 35.5 Å². The molecule has 0 unspecified atom stereocenters. The van der Waals surface area contributed by atoms with Gasteiger partial charge in [0, 0.05) is 0 Å². The molecular formula is C17H14ClFO3. The number of hydrogen-bond donors (Lipinski definition) is 0. The summed E-state index contributed by atoms with van der Waals surface area (Å²) in [6.07, 6.45) is 2.83. The average molecular weight is 321 g/mol. The lowest BCUT2D eigenvalue weighted by Crippen LogP contribution is -1.98. The molecule has 5 heteroatoms. The van der Waals surface area contributed by atoms with Crippen LogP contribution in [0.3, 0.4) is 0 Å². The largest absolute Gasteiger partial charge is 0.493 e. The highest BCUT2D eigenvalue weighted by Crippen LogP contribution is 2.29. The smallest absolute Gasteiger partial charge is 0.245 e. The molecule has 0 atom stereocenters. The number of hydrogen-bond acceptors (Lipinski definition) is 3.